The van der Waals surface area contributed by atoms with Gasteiger partial charge < -0.3 is 5.11 Å². The zero-order valence-electron chi connectivity index (χ0n) is 17.7. The van der Waals surface area contributed by atoms with Crippen molar-refractivity contribution in [2.75, 3.05) is 0 Å². The number of aromatic hydroxyl groups is 1. The molecule has 0 amide bonds. The third-order valence-electron chi connectivity index (χ3n) is 5.54. The average Bonchev–Trinajstić information content (AvgIpc) is 2.65. The highest BCUT2D eigenvalue weighted by Crippen LogP contribution is 2.21. The fourth-order valence-corrected chi connectivity index (χ4v) is 3.79. The summed E-state index contributed by atoms with van der Waals surface area (Å²) in [6, 6.07) is 5.96. The molecular weight excluding hydrogens is 316 g/mol. The van der Waals surface area contributed by atoms with Crippen molar-refractivity contribution in [2.45, 2.75) is 123 Å². The third kappa shape index (κ3) is 11.6. The number of phenolic OH excluding ortho intramolecular Hbond substituents is 1. The van der Waals surface area contributed by atoms with E-state index in [2.05, 4.69) is 19.9 Å². The molecule has 1 nitrogen and oxygen atoms in total. The van der Waals surface area contributed by atoms with E-state index in [1.54, 1.807) is 0 Å². The number of unbranched alkanes of at least 4 members (excludes halogenated alkanes) is 13. The van der Waals surface area contributed by atoms with Gasteiger partial charge in [-0.3, -0.25) is 0 Å². The number of rotatable bonds is 17. The highest BCUT2D eigenvalue weighted by atomic mass is 16.3. The topological polar surface area (TPSA) is 20.2 Å². The molecule has 0 radical (unpaired) electrons. The minimum atomic E-state index is 0.426. The van der Waals surface area contributed by atoms with Crippen molar-refractivity contribution in [2.24, 2.45) is 0 Å². The van der Waals surface area contributed by atoms with Gasteiger partial charge in [0, 0.05) is 0 Å². The van der Waals surface area contributed by atoms with Crippen LogP contribution < -0.4 is 0 Å². The van der Waals surface area contributed by atoms with Crippen LogP contribution in [0.15, 0.2) is 18.2 Å². The van der Waals surface area contributed by atoms with Crippen molar-refractivity contribution in [3.8, 4) is 5.75 Å². The van der Waals surface area contributed by atoms with Crippen LogP contribution in [0.1, 0.15) is 121 Å². The molecule has 0 bridgehead atoms. The SMILES string of the molecule is CCCCCCCCCCCCCCCc1cc(O)ccc1CCCC. The van der Waals surface area contributed by atoms with E-state index in [9.17, 15) is 5.11 Å². The molecule has 0 fully saturated rings. The Morgan fingerprint density at radius 3 is 1.54 bits per heavy atom. The Morgan fingerprint density at radius 1 is 0.538 bits per heavy atom. The first-order chi connectivity index (χ1) is 12.8. The lowest BCUT2D eigenvalue weighted by Gasteiger charge is -2.10. The molecular formula is C25H44O. The first-order valence-corrected chi connectivity index (χ1v) is 11.6. The van der Waals surface area contributed by atoms with Crippen LogP contribution in [0.4, 0.5) is 0 Å². The van der Waals surface area contributed by atoms with E-state index in [0.29, 0.717) is 5.75 Å². The van der Waals surface area contributed by atoms with Crippen molar-refractivity contribution in [1.29, 1.82) is 0 Å². The normalized spacial score (nSPS) is 11.2. The molecule has 150 valence electrons. The third-order valence-corrected chi connectivity index (χ3v) is 5.54. The lowest BCUT2D eigenvalue weighted by Crippen LogP contribution is -1.95. The zero-order chi connectivity index (χ0) is 18.9. The smallest absolute Gasteiger partial charge is 0.115 e. The van der Waals surface area contributed by atoms with E-state index < -0.39 is 0 Å². The van der Waals surface area contributed by atoms with Gasteiger partial charge in [-0.05, 0) is 48.9 Å². The predicted molar refractivity (Wildman–Crippen MR) is 116 cm³/mol. The second-order valence-corrected chi connectivity index (χ2v) is 8.05. The number of hydrogen-bond acceptors (Lipinski definition) is 1. The largest absolute Gasteiger partial charge is 0.508 e. The van der Waals surface area contributed by atoms with Gasteiger partial charge >= 0.3 is 0 Å². The first-order valence-electron chi connectivity index (χ1n) is 11.6. The average molecular weight is 361 g/mol. The number of benzene rings is 1. The Morgan fingerprint density at radius 2 is 1.00 bits per heavy atom. The molecule has 0 aromatic heterocycles. The summed E-state index contributed by atoms with van der Waals surface area (Å²) in [6.07, 6.45) is 23.0. The zero-order valence-corrected chi connectivity index (χ0v) is 17.7. The maximum atomic E-state index is 9.77. The molecule has 0 aliphatic carbocycles. The van der Waals surface area contributed by atoms with Crippen LogP contribution in [0.2, 0.25) is 0 Å². The van der Waals surface area contributed by atoms with Gasteiger partial charge in [0.1, 0.15) is 5.75 Å². The van der Waals surface area contributed by atoms with E-state index in [1.807, 2.05) is 12.1 Å². The molecule has 1 aromatic carbocycles. The van der Waals surface area contributed by atoms with Crippen LogP contribution >= 0.6 is 0 Å². The molecule has 1 aromatic rings. The standard InChI is InChI=1S/C25H44O/c1-3-5-7-8-9-10-11-12-13-14-15-16-17-19-24-22-25(26)21-20-23(24)18-6-4-2/h20-22,26H,3-19H2,1-2H3. The molecule has 0 heterocycles. The van der Waals surface area contributed by atoms with Gasteiger partial charge in [-0.15, -0.1) is 0 Å². The second kappa shape index (κ2) is 16.2. The summed E-state index contributed by atoms with van der Waals surface area (Å²) < 4.78 is 0. The summed E-state index contributed by atoms with van der Waals surface area (Å²) in [7, 11) is 0. The molecule has 0 saturated carbocycles. The van der Waals surface area contributed by atoms with E-state index in [0.717, 1.165) is 12.8 Å². The monoisotopic (exact) mass is 360 g/mol. The number of aryl methyl sites for hydroxylation is 2. The molecule has 0 aliphatic heterocycles. The fraction of sp³-hybridized carbons (Fsp3) is 0.760. The van der Waals surface area contributed by atoms with Gasteiger partial charge in [0.05, 0.1) is 0 Å². The minimum Gasteiger partial charge on any atom is -0.508 e. The van der Waals surface area contributed by atoms with Crippen LogP contribution in [0.5, 0.6) is 5.75 Å². The molecule has 1 heteroatoms. The summed E-state index contributed by atoms with van der Waals surface area (Å²) in [6.45, 7) is 4.53. The summed E-state index contributed by atoms with van der Waals surface area (Å²) in [5.74, 6) is 0.426. The molecule has 0 atom stereocenters. The predicted octanol–water partition coefficient (Wildman–Crippen LogP) is 8.37. The van der Waals surface area contributed by atoms with Crippen molar-refractivity contribution >= 4 is 0 Å². The Balaban J connectivity index is 2.01. The molecule has 1 rings (SSSR count). The van der Waals surface area contributed by atoms with E-state index in [4.69, 9.17) is 0 Å². The Kier molecular flexibility index (Phi) is 14.4. The number of hydrogen-bond donors (Lipinski definition) is 1. The van der Waals surface area contributed by atoms with Gasteiger partial charge in [-0.1, -0.05) is 103 Å². The highest BCUT2D eigenvalue weighted by molar-refractivity contribution is 5.35. The van der Waals surface area contributed by atoms with Crippen molar-refractivity contribution in [1.82, 2.24) is 0 Å². The summed E-state index contributed by atoms with van der Waals surface area (Å²) >= 11 is 0. The van der Waals surface area contributed by atoms with E-state index in [1.165, 1.54) is 107 Å². The first kappa shape index (κ1) is 23.1. The summed E-state index contributed by atoms with van der Waals surface area (Å²) in [5.41, 5.74) is 2.82. The maximum Gasteiger partial charge on any atom is 0.115 e. The van der Waals surface area contributed by atoms with E-state index >= 15 is 0 Å². The number of phenols is 1. The molecule has 0 unspecified atom stereocenters. The van der Waals surface area contributed by atoms with E-state index in [-0.39, 0.29) is 0 Å². The van der Waals surface area contributed by atoms with Crippen LogP contribution in [0.3, 0.4) is 0 Å². The Labute approximate surface area is 163 Å². The van der Waals surface area contributed by atoms with Crippen molar-refractivity contribution in [3.05, 3.63) is 29.3 Å². The van der Waals surface area contributed by atoms with Crippen LogP contribution in [0, 0.1) is 0 Å². The quantitative estimate of drug-likeness (QED) is 0.277. The van der Waals surface area contributed by atoms with Crippen LogP contribution in [0.25, 0.3) is 0 Å². The molecule has 26 heavy (non-hydrogen) atoms. The van der Waals surface area contributed by atoms with Crippen LogP contribution in [-0.2, 0) is 12.8 Å². The summed E-state index contributed by atoms with van der Waals surface area (Å²) in [5, 5.41) is 9.77. The molecule has 1 N–H and O–H groups in total. The lowest BCUT2D eigenvalue weighted by atomic mass is 9.96. The van der Waals surface area contributed by atoms with Gasteiger partial charge in [0.25, 0.3) is 0 Å². The molecule has 0 aliphatic rings. The summed E-state index contributed by atoms with van der Waals surface area (Å²) in [4.78, 5) is 0. The minimum absolute atomic E-state index is 0.426. The highest BCUT2D eigenvalue weighted by Gasteiger charge is 2.04. The van der Waals surface area contributed by atoms with Gasteiger partial charge in [-0.2, -0.15) is 0 Å². The molecule has 0 spiro atoms. The lowest BCUT2D eigenvalue weighted by molar-refractivity contribution is 0.473. The molecule has 0 saturated heterocycles. The van der Waals surface area contributed by atoms with Crippen molar-refractivity contribution < 1.29 is 5.11 Å². The van der Waals surface area contributed by atoms with Gasteiger partial charge in [-0.25, -0.2) is 0 Å². The van der Waals surface area contributed by atoms with Gasteiger partial charge in [0.2, 0.25) is 0 Å². The van der Waals surface area contributed by atoms with Gasteiger partial charge in [0.15, 0.2) is 0 Å². The van der Waals surface area contributed by atoms with Crippen LogP contribution in [-0.4, -0.2) is 5.11 Å². The Hall–Kier alpha value is -0.980. The Bertz CT molecular complexity index is 438. The van der Waals surface area contributed by atoms with Crippen molar-refractivity contribution in [3.63, 3.8) is 0 Å². The maximum absolute atomic E-state index is 9.77. The fourth-order valence-electron chi connectivity index (χ4n) is 3.79. The second-order valence-electron chi connectivity index (χ2n) is 8.05.